The van der Waals surface area contributed by atoms with Crippen LogP contribution < -0.4 is 5.73 Å². The molecule has 1 fully saturated rings. The fourth-order valence-corrected chi connectivity index (χ4v) is 2.11. The number of rotatable bonds is 4. The zero-order chi connectivity index (χ0) is 12.1. The fraction of sp³-hybridized carbons (Fsp3) is 0.571. The third-order valence-electron chi connectivity index (χ3n) is 3.44. The van der Waals surface area contributed by atoms with Gasteiger partial charge in [0.1, 0.15) is 0 Å². The Kier molecular flexibility index (Phi) is 4.40. The molecule has 0 saturated carbocycles. The molecule has 1 aliphatic rings. The van der Waals surface area contributed by atoms with Gasteiger partial charge in [0.2, 0.25) is 0 Å². The molecule has 0 spiro atoms. The van der Waals surface area contributed by atoms with Crippen molar-refractivity contribution in [1.29, 1.82) is 0 Å². The Morgan fingerprint density at radius 2 is 2.12 bits per heavy atom. The molecule has 1 aromatic rings. The Morgan fingerprint density at radius 1 is 1.35 bits per heavy atom. The van der Waals surface area contributed by atoms with Gasteiger partial charge in [0, 0.05) is 18.9 Å². The maximum atomic E-state index is 5.86. The lowest BCUT2D eigenvalue weighted by Crippen LogP contribution is -2.20. The largest absolute Gasteiger partial charge is 0.399 e. The van der Waals surface area contributed by atoms with E-state index in [4.69, 9.17) is 15.2 Å². The zero-order valence-corrected chi connectivity index (χ0v) is 10.4. The molecule has 2 N–H and O–H groups in total. The molecule has 3 heteroatoms. The van der Waals surface area contributed by atoms with Crippen molar-refractivity contribution in [2.75, 3.05) is 25.6 Å². The molecular formula is C14H21NO2. The van der Waals surface area contributed by atoms with E-state index in [1.807, 2.05) is 19.1 Å². The summed E-state index contributed by atoms with van der Waals surface area (Å²) in [5.41, 5.74) is 9.04. The van der Waals surface area contributed by atoms with Gasteiger partial charge in [-0.2, -0.15) is 0 Å². The van der Waals surface area contributed by atoms with Gasteiger partial charge in [-0.3, -0.25) is 0 Å². The standard InChI is InChI=1S/C14H21NO2/c1-11-13(3-2-4-14(11)15)10-17-9-12-5-7-16-8-6-12/h2-4,12H,5-10,15H2,1H3. The lowest BCUT2D eigenvalue weighted by molar-refractivity contribution is 0.0156. The first kappa shape index (κ1) is 12.4. The van der Waals surface area contributed by atoms with Crippen molar-refractivity contribution in [3.05, 3.63) is 29.3 Å². The van der Waals surface area contributed by atoms with E-state index >= 15 is 0 Å². The van der Waals surface area contributed by atoms with E-state index in [0.29, 0.717) is 12.5 Å². The fourth-order valence-electron chi connectivity index (χ4n) is 2.11. The third-order valence-corrected chi connectivity index (χ3v) is 3.44. The quantitative estimate of drug-likeness (QED) is 0.816. The Morgan fingerprint density at radius 3 is 2.88 bits per heavy atom. The molecular weight excluding hydrogens is 214 g/mol. The van der Waals surface area contributed by atoms with E-state index in [1.54, 1.807) is 0 Å². The van der Waals surface area contributed by atoms with Gasteiger partial charge >= 0.3 is 0 Å². The van der Waals surface area contributed by atoms with Gasteiger partial charge in [-0.05, 0) is 42.9 Å². The van der Waals surface area contributed by atoms with E-state index in [1.165, 1.54) is 5.56 Å². The van der Waals surface area contributed by atoms with Crippen LogP contribution in [0.3, 0.4) is 0 Å². The summed E-state index contributed by atoms with van der Waals surface area (Å²) in [6.07, 6.45) is 2.24. The van der Waals surface area contributed by atoms with Crippen LogP contribution in [0.15, 0.2) is 18.2 Å². The summed E-state index contributed by atoms with van der Waals surface area (Å²) >= 11 is 0. The van der Waals surface area contributed by atoms with Crippen LogP contribution >= 0.6 is 0 Å². The Bertz CT molecular complexity index is 359. The average Bonchev–Trinajstić information content (AvgIpc) is 2.36. The minimum Gasteiger partial charge on any atom is -0.399 e. The third kappa shape index (κ3) is 3.45. The van der Waals surface area contributed by atoms with Gasteiger partial charge in [0.25, 0.3) is 0 Å². The molecule has 0 bridgehead atoms. The van der Waals surface area contributed by atoms with Gasteiger partial charge in [0.15, 0.2) is 0 Å². The maximum Gasteiger partial charge on any atom is 0.0720 e. The SMILES string of the molecule is Cc1c(N)cccc1COCC1CCOCC1. The molecule has 0 radical (unpaired) electrons. The Hall–Kier alpha value is -1.06. The first-order valence-electron chi connectivity index (χ1n) is 6.27. The number of hydrogen-bond donors (Lipinski definition) is 1. The Labute approximate surface area is 103 Å². The van der Waals surface area contributed by atoms with Crippen molar-refractivity contribution in [2.45, 2.75) is 26.4 Å². The van der Waals surface area contributed by atoms with Gasteiger partial charge in [-0.1, -0.05) is 12.1 Å². The second kappa shape index (κ2) is 6.03. The summed E-state index contributed by atoms with van der Waals surface area (Å²) in [6.45, 7) is 5.30. The summed E-state index contributed by atoms with van der Waals surface area (Å²) in [4.78, 5) is 0. The topological polar surface area (TPSA) is 44.5 Å². The monoisotopic (exact) mass is 235 g/mol. The molecule has 1 heterocycles. The van der Waals surface area contributed by atoms with Gasteiger partial charge < -0.3 is 15.2 Å². The highest BCUT2D eigenvalue weighted by Gasteiger charge is 2.13. The highest BCUT2D eigenvalue weighted by atomic mass is 16.5. The predicted molar refractivity (Wildman–Crippen MR) is 68.8 cm³/mol. The summed E-state index contributed by atoms with van der Waals surface area (Å²) in [6, 6.07) is 5.99. The van der Waals surface area contributed by atoms with Crippen molar-refractivity contribution < 1.29 is 9.47 Å². The van der Waals surface area contributed by atoms with E-state index in [-0.39, 0.29) is 0 Å². The lowest BCUT2D eigenvalue weighted by Gasteiger charge is -2.22. The first-order valence-corrected chi connectivity index (χ1v) is 6.27. The summed E-state index contributed by atoms with van der Waals surface area (Å²) in [5, 5.41) is 0. The molecule has 94 valence electrons. The number of benzene rings is 1. The molecule has 17 heavy (non-hydrogen) atoms. The minimum absolute atomic E-state index is 0.658. The van der Waals surface area contributed by atoms with Crippen molar-refractivity contribution >= 4 is 5.69 Å². The van der Waals surface area contributed by atoms with Crippen LogP contribution in [-0.4, -0.2) is 19.8 Å². The van der Waals surface area contributed by atoms with Gasteiger partial charge in [-0.15, -0.1) is 0 Å². The van der Waals surface area contributed by atoms with Crippen LogP contribution in [0.25, 0.3) is 0 Å². The highest BCUT2D eigenvalue weighted by molar-refractivity contribution is 5.49. The molecule has 0 atom stereocenters. The van der Waals surface area contributed by atoms with E-state index < -0.39 is 0 Å². The van der Waals surface area contributed by atoms with Crippen molar-refractivity contribution in [1.82, 2.24) is 0 Å². The summed E-state index contributed by atoms with van der Waals surface area (Å²) < 4.78 is 11.1. The van der Waals surface area contributed by atoms with E-state index in [2.05, 4.69) is 6.07 Å². The van der Waals surface area contributed by atoms with Gasteiger partial charge in [0.05, 0.1) is 13.2 Å². The van der Waals surface area contributed by atoms with Crippen molar-refractivity contribution in [3.8, 4) is 0 Å². The van der Waals surface area contributed by atoms with Crippen LogP contribution in [0, 0.1) is 12.8 Å². The second-order valence-corrected chi connectivity index (χ2v) is 4.70. The highest BCUT2D eigenvalue weighted by Crippen LogP contribution is 2.18. The van der Waals surface area contributed by atoms with Crippen LogP contribution in [0.5, 0.6) is 0 Å². The molecule has 1 aliphatic heterocycles. The number of nitrogens with two attached hydrogens (primary N) is 1. The smallest absolute Gasteiger partial charge is 0.0720 e. The minimum atomic E-state index is 0.658. The lowest BCUT2D eigenvalue weighted by atomic mass is 10.0. The predicted octanol–water partition coefficient (Wildman–Crippen LogP) is 2.52. The molecule has 0 aliphatic carbocycles. The normalized spacial score (nSPS) is 17.2. The second-order valence-electron chi connectivity index (χ2n) is 4.70. The molecule has 0 unspecified atom stereocenters. The molecule has 1 aromatic carbocycles. The Balaban J connectivity index is 1.79. The molecule has 2 rings (SSSR count). The van der Waals surface area contributed by atoms with Crippen molar-refractivity contribution in [3.63, 3.8) is 0 Å². The average molecular weight is 235 g/mol. The zero-order valence-electron chi connectivity index (χ0n) is 10.4. The molecule has 1 saturated heterocycles. The van der Waals surface area contributed by atoms with Gasteiger partial charge in [-0.25, -0.2) is 0 Å². The number of hydrogen-bond acceptors (Lipinski definition) is 3. The summed E-state index contributed by atoms with van der Waals surface area (Å²) in [7, 11) is 0. The number of anilines is 1. The van der Waals surface area contributed by atoms with E-state index in [9.17, 15) is 0 Å². The van der Waals surface area contributed by atoms with Crippen LogP contribution in [0.1, 0.15) is 24.0 Å². The molecule has 0 amide bonds. The molecule has 0 aromatic heterocycles. The number of ether oxygens (including phenoxy) is 2. The summed E-state index contributed by atoms with van der Waals surface area (Å²) in [5.74, 6) is 0.658. The first-order chi connectivity index (χ1) is 8.27. The van der Waals surface area contributed by atoms with E-state index in [0.717, 1.165) is 43.9 Å². The van der Waals surface area contributed by atoms with Crippen molar-refractivity contribution in [2.24, 2.45) is 5.92 Å². The molecule has 3 nitrogen and oxygen atoms in total. The number of nitrogen functional groups attached to an aromatic ring is 1. The van der Waals surface area contributed by atoms with Crippen LogP contribution in [0.4, 0.5) is 5.69 Å². The van der Waals surface area contributed by atoms with Crippen LogP contribution in [-0.2, 0) is 16.1 Å². The van der Waals surface area contributed by atoms with Crippen LogP contribution in [0.2, 0.25) is 0 Å². The maximum absolute atomic E-state index is 5.86.